The highest BCUT2D eigenvalue weighted by molar-refractivity contribution is 6.49. The Labute approximate surface area is 210 Å². The van der Waals surface area contributed by atoms with Gasteiger partial charge in [0.2, 0.25) is 0 Å². The Hall–Kier alpha value is -4.00. The van der Waals surface area contributed by atoms with Crippen LogP contribution in [0.15, 0.2) is 78.4 Å². The second-order valence-corrected chi connectivity index (χ2v) is 8.96. The molecule has 0 aliphatic heterocycles. The van der Waals surface area contributed by atoms with Crippen LogP contribution in [0.2, 0.25) is 10.0 Å². The molecule has 0 bridgehead atoms. The molecular formula is C27H16Cl2N4O2. The SMILES string of the molecule is Cn1c(-c2ccccc2)nc2c1nc(C=C1C(=O)c3c(Cl)ccc(Cl)c3C1=O)n2-c1ccccc1. The van der Waals surface area contributed by atoms with Crippen molar-refractivity contribution >= 4 is 52.1 Å². The molecular weight excluding hydrogens is 483 g/mol. The monoisotopic (exact) mass is 498 g/mol. The van der Waals surface area contributed by atoms with E-state index in [2.05, 4.69) is 0 Å². The minimum atomic E-state index is -0.470. The van der Waals surface area contributed by atoms with Crippen LogP contribution in [-0.2, 0) is 7.05 Å². The third-order valence-electron chi connectivity index (χ3n) is 6.08. The maximum Gasteiger partial charge on any atom is 0.199 e. The molecule has 0 atom stereocenters. The van der Waals surface area contributed by atoms with Gasteiger partial charge in [0.25, 0.3) is 0 Å². The molecule has 0 fully saturated rings. The number of allylic oxidation sites excluding steroid dienone is 1. The van der Waals surface area contributed by atoms with Gasteiger partial charge in [0.15, 0.2) is 22.9 Å². The van der Waals surface area contributed by atoms with Gasteiger partial charge in [-0.2, -0.15) is 0 Å². The number of carbonyl (C=O) groups is 2. The van der Waals surface area contributed by atoms with E-state index in [0.717, 1.165) is 17.1 Å². The molecule has 1 aliphatic rings. The number of para-hydroxylation sites is 1. The van der Waals surface area contributed by atoms with Gasteiger partial charge in [-0.05, 0) is 30.3 Å². The summed E-state index contributed by atoms with van der Waals surface area (Å²) in [6.45, 7) is 0. The number of nitrogens with zero attached hydrogens (tertiary/aromatic N) is 4. The fourth-order valence-corrected chi connectivity index (χ4v) is 4.91. The van der Waals surface area contributed by atoms with Crippen LogP contribution in [0.25, 0.3) is 34.4 Å². The lowest BCUT2D eigenvalue weighted by Gasteiger charge is -2.06. The molecule has 0 amide bonds. The third-order valence-corrected chi connectivity index (χ3v) is 6.71. The number of ketones is 2. The summed E-state index contributed by atoms with van der Waals surface area (Å²) < 4.78 is 3.73. The van der Waals surface area contributed by atoms with Gasteiger partial charge in [-0.15, -0.1) is 0 Å². The lowest BCUT2D eigenvalue weighted by molar-refractivity contribution is 0.0990. The van der Waals surface area contributed by atoms with Crippen molar-refractivity contribution in [3.05, 3.63) is 105 Å². The maximum atomic E-state index is 13.2. The summed E-state index contributed by atoms with van der Waals surface area (Å²) in [6.07, 6.45) is 1.49. The highest BCUT2D eigenvalue weighted by Crippen LogP contribution is 2.37. The quantitative estimate of drug-likeness (QED) is 0.219. The smallest absolute Gasteiger partial charge is 0.199 e. The van der Waals surface area contributed by atoms with Gasteiger partial charge in [-0.3, -0.25) is 14.2 Å². The lowest BCUT2D eigenvalue weighted by Crippen LogP contribution is -2.04. The Kier molecular flexibility index (Phi) is 4.95. The molecule has 2 aromatic heterocycles. The number of halogens is 2. The normalized spacial score (nSPS) is 13.1. The van der Waals surface area contributed by atoms with E-state index in [-0.39, 0.29) is 26.7 Å². The molecule has 0 saturated heterocycles. The number of aryl methyl sites for hydroxylation is 1. The largest absolute Gasteiger partial charge is 0.310 e. The number of fused-ring (bicyclic) bond motifs is 2. The van der Waals surface area contributed by atoms with Gasteiger partial charge in [0.1, 0.15) is 11.6 Å². The molecule has 5 aromatic rings. The number of carbonyl (C=O) groups excluding carboxylic acids is 2. The van der Waals surface area contributed by atoms with Gasteiger partial charge in [-0.25, -0.2) is 9.97 Å². The van der Waals surface area contributed by atoms with Crippen LogP contribution in [0.5, 0.6) is 0 Å². The molecule has 8 heteroatoms. The summed E-state index contributed by atoms with van der Waals surface area (Å²) >= 11 is 12.5. The molecule has 3 aromatic carbocycles. The summed E-state index contributed by atoms with van der Waals surface area (Å²) in [5, 5.41) is 0.383. The third kappa shape index (κ3) is 3.26. The van der Waals surface area contributed by atoms with E-state index in [0.29, 0.717) is 17.1 Å². The van der Waals surface area contributed by atoms with E-state index >= 15 is 0 Å². The van der Waals surface area contributed by atoms with Gasteiger partial charge in [0.05, 0.1) is 26.7 Å². The van der Waals surface area contributed by atoms with Gasteiger partial charge < -0.3 is 4.57 Å². The van der Waals surface area contributed by atoms with Crippen molar-refractivity contribution < 1.29 is 9.59 Å². The first kappa shape index (κ1) is 21.5. The number of hydrogen-bond donors (Lipinski definition) is 0. The standard InChI is InChI=1S/C27H16Cl2N4O2/c1-32-25(15-8-4-2-5-9-15)31-27-26(32)30-20(33(27)16-10-6-3-7-11-16)14-17-23(34)21-18(28)12-13-19(29)22(21)24(17)35/h2-14H,1H3. The predicted molar refractivity (Wildman–Crippen MR) is 136 cm³/mol. The highest BCUT2D eigenvalue weighted by atomic mass is 35.5. The number of hydrogen-bond acceptors (Lipinski definition) is 4. The summed E-state index contributed by atoms with van der Waals surface area (Å²) in [7, 11) is 1.89. The molecule has 0 unspecified atom stereocenters. The van der Waals surface area contributed by atoms with Gasteiger partial charge in [0, 0.05) is 18.3 Å². The Balaban J connectivity index is 1.59. The van der Waals surface area contributed by atoms with E-state index < -0.39 is 11.6 Å². The summed E-state index contributed by atoms with van der Waals surface area (Å²) in [6, 6.07) is 22.4. The average molecular weight is 499 g/mol. The van der Waals surface area contributed by atoms with Crippen molar-refractivity contribution in [2.75, 3.05) is 0 Å². The maximum absolute atomic E-state index is 13.2. The number of imidazole rings is 2. The minimum Gasteiger partial charge on any atom is -0.310 e. The Morgan fingerprint density at radius 1 is 0.743 bits per heavy atom. The van der Waals surface area contributed by atoms with Crippen molar-refractivity contribution in [2.45, 2.75) is 0 Å². The Morgan fingerprint density at radius 2 is 1.31 bits per heavy atom. The fourth-order valence-electron chi connectivity index (χ4n) is 4.42. The van der Waals surface area contributed by atoms with E-state index in [4.69, 9.17) is 33.2 Å². The molecule has 6 rings (SSSR count). The number of aromatic nitrogens is 4. The number of Topliss-reactive ketones (excluding diaryl/α,β-unsaturated/α-hetero) is 2. The number of rotatable bonds is 3. The van der Waals surface area contributed by atoms with E-state index in [1.165, 1.54) is 18.2 Å². The van der Waals surface area contributed by atoms with Crippen LogP contribution in [0.1, 0.15) is 26.5 Å². The van der Waals surface area contributed by atoms with Crippen LogP contribution in [0.4, 0.5) is 0 Å². The first-order chi connectivity index (χ1) is 17.0. The molecule has 0 spiro atoms. The second-order valence-electron chi connectivity index (χ2n) is 8.14. The summed E-state index contributed by atoms with van der Waals surface area (Å²) in [5.41, 5.74) is 3.19. The van der Waals surface area contributed by atoms with Crippen molar-refractivity contribution in [3.8, 4) is 17.1 Å². The predicted octanol–water partition coefficient (Wildman–Crippen LogP) is 6.20. The van der Waals surface area contributed by atoms with Crippen LogP contribution in [0.3, 0.4) is 0 Å². The van der Waals surface area contributed by atoms with E-state index in [1.54, 1.807) is 0 Å². The van der Waals surface area contributed by atoms with Gasteiger partial charge >= 0.3 is 0 Å². The van der Waals surface area contributed by atoms with Gasteiger partial charge in [-0.1, -0.05) is 71.7 Å². The zero-order chi connectivity index (χ0) is 24.3. The number of benzene rings is 3. The molecule has 0 N–H and O–H groups in total. The van der Waals surface area contributed by atoms with Crippen molar-refractivity contribution in [1.29, 1.82) is 0 Å². The van der Waals surface area contributed by atoms with Crippen molar-refractivity contribution in [3.63, 3.8) is 0 Å². The lowest BCUT2D eigenvalue weighted by atomic mass is 10.1. The van der Waals surface area contributed by atoms with Crippen molar-refractivity contribution in [2.24, 2.45) is 7.05 Å². The second kappa shape index (κ2) is 8.05. The highest BCUT2D eigenvalue weighted by Gasteiger charge is 2.37. The van der Waals surface area contributed by atoms with Crippen LogP contribution in [0, 0.1) is 0 Å². The molecule has 1 aliphatic carbocycles. The first-order valence-corrected chi connectivity index (χ1v) is 11.6. The van der Waals surface area contributed by atoms with Crippen LogP contribution in [-0.4, -0.2) is 30.7 Å². The summed E-state index contributed by atoms with van der Waals surface area (Å²) in [4.78, 5) is 36.1. The molecule has 6 nitrogen and oxygen atoms in total. The molecule has 35 heavy (non-hydrogen) atoms. The zero-order valence-electron chi connectivity index (χ0n) is 18.4. The summed E-state index contributed by atoms with van der Waals surface area (Å²) in [5.74, 6) is 0.218. The molecule has 0 radical (unpaired) electrons. The molecule has 2 heterocycles. The van der Waals surface area contributed by atoms with E-state index in [9.17, 15) is 9.59 Å². The van der Waals surface area contributed by atoms with Crippen molar-refractivity contribution in [1.82, 2.24) is 19.1 Å². The molecule has 0 saturated carbocycles. The minimum absolute atomic E-state index is 0.0363. The topological polar surface area (TPSA) is 69.8 Å². The Bertz CT molecular complexity index is 1660. The Morgan fingerprint density at radius 3 is 1.91 bits per heavy atom. The zero-order valence-corrected chi connectivity index (χ0v) is 19.9. The van der Waals surface area contributed by atoms with Crippen LogP contribution >= 0.6 is 23.2 Å². The van der Waals surface area contributed by atoms with E-state index in [1.807, 2.05) is 76.8 Å². The molecule has 170 valence electrons. The first-order valence-electron chi connectivity index (χ1n) is 10.8. The fraction of sp³-hybridized carbons (Fsp3) is 0.0370. The van der Waals surface area contributed by atoms with Crippen LogP contribution < -0.4 is 0 Å². The average Bonchev–Trinajstić information content (AvgIpc) is 3.48.